The van der Waals surface area contributed by atoms with Crippen molar-refractivity contribution < 1.29 is 10.0 Å². The molecule has 0 atom stereocenters. The maximum Gasteiger partial charge on any atom is 0.271 e. The second kappa shape index (κ2) is 7.63. The van der Waals surface area contributed by atoms with Crippen molar-refractivity contribution in [3.05, 3.63) is 105 Å². The molecule has 4 rings (SSSR count). The maximum absolute atomic E-state index is 13.4. The summed E-state index contributed by atoms with van der Waals surface area (Å²) < 4.78 is 1.52. The van der Waals surface area contributed by atoms with E-state index in [4.69, 9.17) is 0 Å². The van der Waals surface area contributed by atoms with Crippen molar-refractivity contribution in [2.75, 3.05) is 0 Å². The fourth-order valence-corrected chi connectivity index (χ4v) is 3.41. The topological polar surface area (TPSA) is 97.7 Å². The van der Waals surface area contributed by atoms with Crippen molar-refractivity contribution in [2.24, 2.45) is 4.99 Å². The molecule has 0 aliphatic rings. The van der Waals surface area contributed by atoms with Gasteiger partial charge < -0.3 is 5.11 Å². The van der Waals surface area contributed by atoms with E-state index in [2.05, 4.69) is 4.99 Å². The number of hydrogen-bond donors (Lipinski definition) is 1. The molecular formula is C23H17N3O4. The van der Waals surface area contributed by atoms with Gasteiger partial charge in [0.25, 0.3) is 11.2 Å². The van der Waals surface area contributed by atoms with Crippen LogP contribution in [0, 0.1) is 10.1 Å². The highest BCUT2D eigenvalue weighted by atomic mass is 16.6. The SMILES string of the molecule is CC(=Nc1cccc([N+](=O)[O-])c1)c1c(O)c2ccccc2n(-c2ccccc2)c1=O. The molecule has 7 heteroatoms. The predicted molar refractivity (Wildman–Crippen MR) is 116 cm³/mol. The minimum absolute atomic E-state index is 0.0454. The van der Waals surface area contributed by atoms with Crippen LogP contribution in [0.15, 0.2) is 88.6 Å². The normalized spacial score (nSPS) is 11.6. The molecule has 1 N–H and O–H groups in total. The Hall–Kier alpha value is -4.26. The summed E-state index contributed by atoms with van der Waals surface area (Å²) in [6, 6.07) is 22.0. The molecule has 0 unspecified atom stereocenters. The van der Waals surface area contributed by atoms with Gasteiger partial charge in [0.2, 0.25) is 0 Å². The lowest BCUT2D eigenvalue weighted by molar-refractivity contribution is -0.384. The number of aromatic hydroxyl groups is 1. The number of nitrogens with zero attached hydrogens (tertiary/aromatic N) is 3. The molecule has 3 aromatic carbocycles. The number of non-ortho nitro benzene ring substituents is 1. The van der Waals surface area contributed by atoms with Crippen LogP contribution >= 0.6 is 0 Å². The number of pyridine rings is 1. The molecule has 1 heterocycles. The molecule has 0 aliphatic carbocycles. The van der Waals surface area contributed by atoms with Gasteiger partial charge in [-0.05, 0) is 37.3 Å². The van der Waals surface area contributed by atoms with Gasteiger partial charge in [0.05, 0.1) is 21.8 Å². The fourth-order valence-electron chi connectivity index (χ4n) is 3.41. The fraction of sp³-hybridized carbons (Fsp3) is 0.0435. The van der Waals surface area contributed by atoms with Gasteiger partial charge in [-0.1, -0.05) is 36.4 Å². The zero-order valence-corrected chi connectivity index (χ0v) is 16.0. The maximum atomic E-state index is 13.4. The van der Waals surface area contributed by atoms with Gasteiger partial charge in [-0.15, -0.1) is 0 Å². The molecule has 0 saturated heterocycles. The first-order valence-corrected chi connectivity index (χ1v) is 9.19. The third-order valence-electron chi connectivity index (χ3n) is 4.77. The van der Waals surface area contributed by atoms with Crippen LogP contribution in [0.5, 0.6) is 5.75 Å². The summed E-state index contributed by atoms with van der Waals surface area (Å²) in [7, 11) is 0. The molecule has 148 valence electrons. The number of aliphatic imine (C=N–C) groups is 1. The number of fused-ring (bicyclic) bond motifs is 1. The summed E-state index contributed by atoms with van der Waals surface area (Å²) in [6.07, 6.45) is 0. The number of rotatable bonds is 4. The smallest absolute Gasteiger partial charge is 0.271 e. The van der Waals surface area contributed by atoms with Crippen molar-refractivity contribution in [2.45, 2.75) is 6.92 Å². The van der Waals surface area contributed by atoms with Crippen LogP contribution in [0.1, 0.15) is 12.5 Å². The van der Waals surface area contributed by atoms with Gasteiger partial charge in [-0.3, -0.25) is 24.5 Å². The third kappa shape index (κ3) is 3.33. The molecule has 1 aromatic heterocycles. The largest absolute Gasteiger partial charge is 0.506 e. The molecule has 0 aliphatic heterocycles. The van der Waals surface area contributed by atoms with Crippen LogP contribution in [0.25, 0.3) is 16.6 Å². The Balaban J connectivity index is 1.99. The van der Waals surface area contributed by atoms with Crippen molar-refractivity contribution in [1.29, 1.82) is 0 Å². The van der Waals surface area contributed by atoms with E-state index in [9.17, 15) is 20.0 Å². The van der Waals surface area contributed by atoms with Crippen molar-refractivity contribution >= 4 is 28.0 Å². The van der Waals surface area contributed by atoms with E-state index in [1.54, 1.807) is 37.3 Å². The van der Waals surface area contributed by atoms with Gasteiger partial charge in [0, 0.05) is 23.2 Å². The van der Waals surface area contributed by atoms with Crippen LogP contribution in [0.4, 0.5) is 11.4 Å². The average Bonchev–Trinajstić information content (AvgIpc) is 2.75. The first-order valence-electron chi connectivity index (χ1n) is 9.19. The van der Waals surface area contributed by atoms with Crippen molar-refractivity contribution in [3.8, 4) is 11.4 Å². The standard InChI is InChI=1S/C23H17N3O4/c1-15(24-16-8-7-11-18(14-16)26(29)30)21-22(27)19-12-5-6-13-20(19)25(23(21)28)17-9-3-2-4-10-17/h2-14,27H,1H3. The number of hydrogen-bond acceptors (Lipinski definition) is 5. The second-order valence-corrected chi connectivity index (χ2v) is 6.69. The Morgan fingerprint density at radius 1 is 1.00 bits per heavy atom. The highest BCUT2D eigenvalue weighted by Gasteiger charge is 2.19. The molecule has 0 bridgehead atoms. The molecule has 0 spiro atoms. The van der Waals surface area contributed by atoms with Gasteiger partial charge in [-0.25, -0.2) is 0 Å². The van der Waals surface area contributed by atoms with Gasteiger partial charge in [-0.2, -0.15) is 0 Å². The molecular weight excluding hydrogens is 382 g/mol. The number of para-hydroxylation sites is 2. The lowest BCUT2D eigenvalue weighted by Gasteiger charge is -2.15. The number of nitro groups is 1. The number of benzene rings is 3. The monoisotopic (exact) mass is 399 g/mol. The number of aromatic nitrogens is 1. The van der Waals surface area contributed by atoms with Crippen LogP contribution in [-0.2, 0) is 0 Å². The lowest BCUT2D eigenvalue weighted by Crippen LogP contribution is -2.25. The van der Waals surface area contributed by atoms with E-state index in [1.807, 2.05) is 30.3 Å². The van der Waals surface area contributed by atoms with Crippen molar-refractivity contribution in [1.82, 2.24) is 4.57 Å². The van der Waals surface area contributed by atoms with Crippen molar-refractivity contribution in [3.63, 3.8) is 0 Å². The second-order valence-electron chi connectivity index (χ2n) is 6.69. The molecule has 0 fully saturated rings. The van der Waals surface area contributed by atoms with Gasteiger partial charge >= 0.3 is 0 Å². The minimum Gasteiger partial charge on any atom is -0.506 e. The number of nitro benzene ring substituents is 1. The third-order valence-corrected chi connectivity index (χ3v) is 4.77. The summed E-state index contributed by atoms with van der Waals surface area (Å²) >= 11 is 0. The van der Waals surface area contributed by atoms with E-state index >= 15 is 0 Å². The molecule has 0 radical (unpaired) electrons. The molecule has 0 saturated carbocycles. The van der Waals surface area contributed by atoms with E-state index in [0.29, 0.717) is 22.3 Å². The van der Waals surface area contributed by atoms with E-state index in [1.165, 1.54) is 22.8 Å². The van der Waals surface area contributed by atoms with E-state index in [-0.39, 0.29) is 22.7 Å². The lowest BCUT2D eigenvalue weighted by atomic mass is 10.1. The van der Waals surface area contributed by atoms with Crippen LogP contribution < -0.4 is 5.56 Å². The van der Waals surface area contributed by atoms with Crippen LogP contribution in [0.2, 0.25) is 0 Å². The quantitative estimate of drug-likeness (QED) is 0.304. The van der Waals surface area contributed by atoms with E-state index < -0.39 is 10.5 Å². The Morgan fingerprint density at radius 3 is 2.43 bits per heavy atom. The summed E-state index contributed by atoms with van der Waals surface area (Å²) in [5.41, 5.74) is 1.32. The Morgan fingerprint density at radius 2 is 1.70 bits per heavy atom. The zero-order valence-electron chi connectivity index (χ0n) is 16.0. The molecule has 4 aromatic rings. The predicted octanol–water partition coefficient (Wildman–Crippen LogP) is 4.75. The Labute approximate surface area is 171 Å². The molecule has 30 heavy (non-hydrogen) atoms. The highest BCUT2D eigenvalue weighted by Crippen LogP contribution is 2.29. The molecule has 7 nitrogen and oxygen atoms in total. The highest BCUT2D eigenvalue weighted by molar-refractivity contribution is 6.06. The molecule has 0 amide bonds. The summed E-state index contributed by atoms with van der Waals surface area (Å²) in [4.78, 5) is 28.3. The van der Waals surface area contributed by atoms with Gasteiger partial charge in [0.15, 0.2) is 0 Å². The zero-order chi connectivity index (χ0) is 21.3. The Bertz CT molecular complexity index is 1360. The Kier molecular flexibility index (Phi) is 4.85. The minimum atomic E-state index is -0.510. The first kappa shape index (κ1) is 19.1. The summed E-state index contributed by atoms with van der Waals surface area (Å²) in [5.74, 6) is -0.172. The van der Waals surface area contributed by atoms with Crippen LogP contribution in [-0.4, -0.2) is 20.3 Å². The van der Waals surface area contributed by atoms with Crippen LogP contribution in [0.3, 0.4) is 0 Å². The average molecular weight is 399 g/mol. The summed E-state index contributed by atoms with van der Waals surface area (Å²) in [5, 5.41) is 22.4. The first-order chi connectivity index (χ1) is 14.5. The van der Waals surface area contributed by atoms with E-state index in [0.717, 1.165) is 0 Å². The summed E-state index contributed by atoms with van der Waals surface area (Å²) in [6.45, 7) is 1.60. The van der Waals surface area contributed by atoms with Gasteiger partial charge in [0.1, 0.15) is 11.3 Å².